The van der Waals surface area contributed by atoms with Gasteiger partial charge in [-0.3, -0.25) is 9.59 Å². The highest BCUT2D eigenvalue weighted by Crippen LogP contribution is 2.27. The first-order chi connectivity index (χ1) is 19.3. The zero-order valence-corrected chi connectivity index (χ0v) is 24.9. The molecule has 0 bridgehead atoms. The molecule has 2 atom stereocenters. The first kappa shape index (κ1) is 30.9. The van der Waals surface area contributed by atoms with Gasteiger partial charge in [-0.1, -0.05) is 95.8 Å². The number of nitrogens with one attached hydrogen (secondary N) is 3. The van der Waals surface area contributed by atoms with E-state index in [1.807, 2.05) is 56.3 Å². The molecule has 0 spiro atoms. The van der Waals surface area contributed by atoms with Gasteiger partial charge < -0.3 is 16.0 Å². The molecule has 0 aliphatic carbocycles. The Morgan fingerprint density at radius 3 is 2.25 bits per heavy atom. The Balaban J connectivity index is 1.62. The maximum Gasteiger partial charge on any atom is 0.253 e. The van der Waals surface area contributed by atoms with Crippen LogP contribution in [0.2, 0.25) is 0 Å². The van der Waals surface area contributed by atoms with Crippen molar-refractivity contribution in [3.63, 3.8) is 0 Å². The van der Waals surface area contributed by atoms with Crippen LogP contribution in [0.4, 0.5) is 11.4 Å². The molecule has 0 fully saturated rings. The summed E-state index contributed by atoms with van der Waals surface area (Å²) in [5.41, 5.74) is 5.61. The number of hydrogen-bond donors (Lipinski definition) is 3. The van der Waals surface area contributed by atoms with Crippen molar-refractivity contribution >= 4 is 23.2 Å². The molecule has 5 heteroatoms. The molecular formula is C35H47N3O2. The van der Waals surface area contributed by atoms with Crippen molar-refractivity contribution in [2.24, 2.45) is 11.8 Å². The molecule has 3 aromatic carbocycles. The van der Waals surface area contributed by atoms with E-state index in [1.54, 1.807) is 0 Å². The number of carbonyl (C=O) groups excluding carboxylic acids is 2. The third-order valence-electron chi connectivity index (χ3n) is 7.36. The van der Waals surface area contributed by atoms with Gasteiger partial charge in [0.05, 0.1) is 17.3 Å². The maximum atomic E-state index is 12.8. The Kier molecular flexibility index (Phi) is 12.3. The van der Waals surface area contributed by atoms with E-state index in [1.165, 1.54) is 19.3 Å². The van der Waals surface area contributed by atoms with Gasteiger partial charge in [0.15, 0.2) is 0 Å². The Hall–Kier alpha value is -3.60. The van der Waals surface area contributed by atoms with Crippen molar-refractivity contribution in [3.8, 4) is 11.1 Å². The fraction of sp³-hybridized carbons (Fsp3) is 0.429. The average Bonchev–Trinajstić information content (AvgIpc) is 2.95. The van der Waals surface area contributed by atoms with Gasteiger partial charge in [-0.15, -0.1) is 0 Å². The molecule has 5 nitrogen and oxygen atoms in total. The zero-order chi connectivity index (χ0) is 28.9. The number of unbranched alkanes of at least 4 members (excludes halogenated alkanes) is 3. The number of anilines is 2. The van der Waals surface area contributed by atoms with Crippen LogP contribution in [-0.4, -0.2) is 18.4 Å². The monoisotopic (exact) mass is 541 g/mol. The number of para-hydroxylation sites is 1. The fourth-order valence-corrected chi connectivity index (χ4v) is 4.70. The second-order valence-corrected chi connectivity index (χ2v) is 11.3. The molecule has 0 radical (unpaired) electrons. The van der Waals surface area contributed by atoms with Gasteiger partial charge in [-0.2, -0.15) is 0 Å². The summed E-state index contributed by atoms with van der Waals surface area (Å²) in [4.78, 5) is 25.5. The molecule has 214 valence electrons. The van der Waals surface area contributed by atoms with Crippen molar-refractivity contribution in [2.75, 3.05) is 11.9 Å². The van der Waals surface area contributed by atoms with Gasteiger partial charge in [0.2, 0.25) is 5.91 Å². The quantitative estimate of drug-likeness (QED) is 0.169. The molecule has 0 aliphatic heterocycles. The topological polar surface area (TPSA) is 70.2 Å². The van der Waals surface area contributed by atoms with Crippen molar-refractivity contribution in [1.82, 2.24) is 10.6 Å². The lowest BCUT2D eigenvalue weighted by Gasteiger charge is -2.19. The number of rotatable bonds is 15. The average molecular weight is 542 g/mol. The van der Waals surface area contributed by atoms with Crippen molar-refractivity contribution in [2.45, 2.75) is 79.2 Å². The van der Waals surface area contributed by atoms with Gasteiger partial charge in [0.25, 0.3) is 5.91 Å². The van der Waals surface area contributed by atoms with Crippen LogP contribution in [0.1, 0.15) is 95.1 Å². The zero-order valence-electron chi connectivity index (χ0n) is 24.9. The molecule has 2 unspecified atom stereocenters. The smallest absolute Gasteiger partial charge is 0.253 e. The van der Waals surface area contributed by atoms with E-state index >= 15 is 0 Å². The summed E-state index contributed by atoms with van der Waals surface area (Å²) in [6.45, 7) is 11.2. The van der Waals surface area contributed by atoms with Gasteiger partial charge in [-0.05, 0) is 72.7 Å². The predicted molar refractivity (Wildman–Crippen MR) is 168 cm³/mol. The Morgan fingerprint density at radius 1 is 0.775 bits per heavy atom. The number of amides is 2. The number of carbonyl (C=O) groups is 2. The summed E-state index contributed by atoms with van der Waals surface area (Å²) in [5.74, 6) is 0.630. The van der Waals surface area contributed by atoms with Crippen LogP contribution in [0.5, 0.6) is 0 Å². The lowest BCUT2D eigenvalue weighted by atomic mass is 9.98. The molecular weight excluding hydrogens is 494 g/mol. The second kappa shape index (κ2) is 15.9. The lowest BCUT2D eigenvalue weighted by molar-refractivity contribution is -0.125. The molecule has 3 N–H and O–H groups in total. The van der Waals surface area contributed by atoms with Crippen LogP contribution in [0.25, 0.3) is 11.1 Å². The first-order valence-corrected chi connectivity index (χ1v) is 14.9. The van der Waals surface area contributed by atoms with Crippen molar-refractivity contribution < 1.29 is 9.59 Å². The van der Waals surface area contributed by atoms with Gasteiger partial charge in [0, 0.05) is 18.2 Å². The Labute approximate surface area is 241 Å². The Bertz CT molecular complexity index is 1220. The minimum Gasteiger partial charge on any atom is -0.355 e. The second-order valence-electron chi connectivity index (χ2n) is 11.3. The van der Waals surface area contributed by atoms with E-state index in [0.717, 1.165) is 47.3 Å². The predicted octanol–water partition coefficient (Wildman–Crippen LogP) is 8.66. The third kappa shape index (κ3) is 9.55. The van der Waals surface area contributed by atoms with E-state index < -0.39 is 0 Å². The van der Waals surface area contributed by atoms with Gasteiger partial charge >= 0.3 is 0 Å². The minimum atomic E-state index is -0.0655. The van der Waals surface area contributed by atoms with E-state index in [9.17, 15) is 9.59 Å². The minimum absolute atomic E-state index is 0.0266. The molecule has 0 saturated heterocycles. The van der Waals surface area contributed by atoms with Gasteiger partial charge in [0.1, 0.15) is 0 Å². The number of hydrogen-bond acceptors (Lipinski definition) is 3. The molecule has 0 heterocycles. The summed E-state index contributed by atoms with van der Waals surface area (Å²) >= 11 is 0. The van der Waals surface area contributed by atoms with Crippen molar-refractivity contribution in [3.05, 3.63) is 83.9 Å². The van der Waals surface area contributed by atoms with Crippen LogP contribution in [-0.2, 0) is 4.79 Å². The summed E-state index contributed by atoms with van der Waals surface area (Å²) in [7, 11) is 0. The number of benzene rings is 3. The lowest BCUT2D eigenvalue weighted by Crippen LogP contribution is -2.31. The van der Waals surface area contributed by atoms with E-state index in [2.05, 4.69) is 67.1 Å². The Morgan fingerprint density at radius 2 is 1.52 bits per heavy atom. The van der Waals surface area contributed by atoms with E-state index in [0.29, 0.717) is 18.0 Å². The van der Waals surface area contributed by atoms with Crippen LogP contribution >= 0.6 is 0 Å². The first-order valence-electron chi connectivity index (χ1n) is 14.9. The van der Waals surface area contributed by atoms with E-state index in [-0.39, 0.29) is 23.8 Å². The third-order valence-corrected chi connectivity index (χ3v) is 7.36. The molecule has 3 rings (SSSR count). The maximum absolute atomic E-state index is 12.8. The fourth-order valence-electron chi connectivity index (χ4n) is 4.70. The van der Waals surface area contributed by atoms with Gasteiger partial charge in [-0.25, -0.2) is 0 Å². The molecule has 0 aliphatic rings. The highest BCUT2D eigenvalue weighted by atomic mass is 16.2. The normalized spacial score (nSPS) is 12.6. The molecule has 3 aromatic rings. The molecule has 0 aromatic heterocycles. The summed E-state index contributed by atoms with van der Waals surface area (Å²) in [6, 6.07) is 24.1. The molecule has 0 saturated carbocycles. The summed E-state index contributed by atoms with van der Waals surface area (Å²) in [6.07, 6.45) is 6.63. The molecule has 40 heavy (non-hydrogen) atoms. The molecule has 2 amide bonds. The summed E-state index contributed by atoms with van der Waals surface area (Å²) < 4.78 is 0. The van der Waals surface area contributed by atoms with Crippen LogP contribution in [0.3, 0.4) is 0 Å². The van der Waals surface area contributed by atoms with E-state index in [4.69, 9.17) is 0 Å². The SMILES string of the molecule is CCCCCCC(C)C(=O)NC(C)c1cccc(-c2ccc(Nc3ccccc3C(=O)NCCC(C)C)cc2)c1. The largest absolute Gasteiger partial charge is 0.355 e. The van der Waals surface area contributed by atoms with Crippen LogP contribution < -0.4 is 16.0 Å². The van der Waals surface area contributed by atoms with Crippen LogP contribution in [0.15, 0.2) is 72.8 Å². The highest BCUT2D eigenvalue weighted by Gasteiger charge is 2.16. The highest BCUT2D eigenvalue weighted by molar-refractivity contribution is 6.00. The van der Waals surface area contributed by atoms with Crippen LogP contribution in [0, 0.1) is 11.8 Å². The van der Waals surface area contributed by atoms with Crippen molar-refractivity contribution in [1.29, 1.82) is 0 Å². The standard InChI is InChI=1S/C35H47N3O2/c1-6-7-8-9-13-26(4)34(39)37-27(5)29-14-12-15-30(24-29)28-18-20-31(21-19-28)38-33-17-11-10-16-32(33)35(40)36-23-22-25(2)3/h10-12,14-21,24-27,38H,6-9,13,22-23H2,1-5H3,(H,36,40)(H,37,39). The summed E-state index contributed by atoms with van der Waals surface area (Å²) in [5, 5.41) is 9.64.